The Labute approximate surface area is 130 Å². The van der Waals surface area contributed by atoms with Gasteiger partial charge >= 0.3 is 11.8 Å². The van der Waals surface area contributed by atoms with Gasteiger partial charge in [-0.05, 0) is 65.4 Å². The molecule has 2 aromatic carbocycles. The molecule has 2 N–H and O–H groups in total. The molecule has 2 amide bonds. The molecule has 0 aromatic heterocycles. The minimum absolute atomic E-state index is 0.593. The van der Waals surface area contributed by atoms with E-state index >= 15 is 0 Å². The predicted molar refractivity (Wildman–Crippen MR) is 87.6 cm³/mol. The molecular weight excluding hydrogens is 367 g/mol. The minimum atomic E-state index is -0.686. The highest BCUT2D eigenvalue weighted by atomic mass is 127. The summed E-state index contributed by atoms with van der Waals surface area (Å²) < 4.78 is 1.06. The summed E-state index contributed by atoms with van der Waals surface area (Å²) in [5.74, 6) is -1.37. The maximum Gasteiger partial charge on any atom is 0.314 e. The summed E-state index contributed by atoms with van der Waals surface area (Å²) in [4.78, 5) is 23.6. The largest absolute Gasteiger partial charge is 0.318 e. The van der Waals surface area contributed by atoms with Gasteiger partial charge < -0.3 is 10.6 Å². The van der Waals surface area contributed by atoms with E-state index in [4.69, 9.17) is 0 Å². The third-order valence-electron chi connectivity index (χ3n) is 2.70. The fraction of sp³-hybridized carbons (Fsp3) is 0.0667. The first kappa shape index (κ1) is 14.5. The number of halogens is 1. The van der Waals surface area contributed by atoms with Gasteiger partial charge in [-0.1, -0.05) is 18.2 Å². The first-order valence-corrected chi connectivity index (χ1v) is 7.07. The van der Waals surface area contributed by atoms with Crippen molar-refractivity contribution in [2.24, 2.45) is 0 Å². The molecule has 0 saturated carbocycles. The highest BCUT2D eigenvalue weighted by Crippen LogP contribution is 2.14. The molecule has 0 unspecified atom stereocenters. The Morgan fingerprint density at radius 3 is 2.15 bits per heavy atom. The number of nitrogens with one attached hydrogen (secondary N) is 2. The molecule has 4 nitrogen and oxygen atoms in total. The minimum Gasteiger partial charge on any atom is -0.318 e. The van der Waals surface area contributed by atoms with Gasteiger partial charge in [-0.3, -0.25) is 9.59 Å². The molecule has 0 radical (unpaired) electrons. The Morgan fingerprint density at radius 2 is 1.50 bits per heavy atom. The molecule has 102 valence electrons. The van der Waals surface area contributed by atoms with Crippen LogP contribution in [0.3, 0.4) is 0 Å². The van der Waals surface area contributed by atoms with Gasteiger partial charge in [0.05, 0.1) is 0 Å². The lowest BCUT2D eigenvalue weighted by atomic mass is 10.2. The number of aryl methyl sites for hydroxylation is 1. The summed E-state index contributed by atoms with van der Waals surface area (Å²) in [6.45, 7) is 1.87. The number of amides is 2. The molecule has 0 saturated heterocycles. The lowest BCUT2D eigenvalue weighted by Crippen LogP contribution is -2.29. The molecule has 0 aliphatic rings. The smallest absolute Gasteiger partial charge is 0.314 e. The van der Waals surface area contributed by atoms with Crippen LogP contribution >= 0.6 is 22.6 Å². The summed E-state index contributed by atoms with van der Waals surface area (Å²) in [5, 5.41) is 5.14. The van der Waals surface area contributed by atoms with E-state index in [-0.39, 0.29) is 0 Å². The summed E-state index contributed by atoms with van der Waals surface area (Å²) >= 11 is 2.17. The van der Waals surface area contributed by atoms with Gasteiger partial charge in [-0.25, -0.2) is 0 Å². The van der Waals surface area contributed by atoms with Crippen molar-refractivity contribution in [2.75, 3.05) is 10.6 Å². The number of carbonyl (C=O) groups excluding carboxylic acids is 2. The normalized spacial score (nSPS) is 9.90. The molecule has 2 rings (SSSR count). The van der Waals surface area contributed by atoms with Crippen LogP contribution < -0.4 is 10.6 Å². The summed E-state index contributed by atoms with van der Waals surface area (Å²) in [5.41, 5.74) is 2.13. The maximum absolute atomic E-state index is 11.8. The predicted octanol–water partition coefficient (Wildman–Crippen LogP) is 3.18. The van der Waals surface area contributed by atoms with E-state index < -0.39 is 11.8 Å². The van der Waals surface area contributed by atoms with E-state index in [0.29, 0.717) is 11.4 Å². The number of anilines is 2. The molecule has 0 heterocycles. The zero-order chi connectivity index (χ0) is 14.5. The molecule has 0 fully saturated rings. The summed E-state index contributed by atoms with van der Waals surface area (Å²) in [7, 11) is 0. The van der Waals surface area contributed by atoms with Crippen molar-refractivity contribution in [3.05, 3.63) is 57.7 Å². The average Bonchev–Trinajstić information content (AvgIpc) is 2.44. The van der Waals surface area contributed by atoms with E-state index in [0.717, 1.165) is 9.13 Å². The van der Waals surface area contributed by atoms with Crippen LogP contribution in [0.5, 0.6) is 0 Å². The van der Waals surface area contributed by atoms with Gasteiger partial charge in [0, 0.05) is 14.9 Å². The molecule has 0 atom stereocenters. The number of para-hydroxylation sites is 1. The lowest BCUT2D eigenvalue weighted by Gasteiger charge is -2.08. The van der Waals surface area contributed by atoms with Gasteiger partial charge in [0.15, 0.2) is 0 Å². The standard InChI is InChI=1S/C15H13IN2O2/c1-10-4-2-3-5-13(10)18-15(20)14(19)17-12-8-6-11(16)7-9-12/h2-9H,1H3,(H,17,19)(H,18,20). The van der Waals surface area contributed by atoms with Crippen molar-refractivity contribution < 1.29 is 9.59 Å². The topological polar surface area (TPSA) is 58.2 Å². The number of hydrogen-bond donors (Lipinski definition) is 2. The van der Waals surface area contributed by atoms with Crippen molar-refractivity contribution in [3.63, 3.8) is 0 Å². The van der Waals surface area contributed by atoms with Crippen molar-refractivity contribution >= 4 is 45.8 Å². The van der Waals surface area contributed by atoms with E-state index in [2.05, 4.69) is 33.2 Å². The highest BCUT2D eigenvalue weighted by molar-refractivity contribution is 14.1. The van der Waals surface area contributed by atoms with Crippen molar-refractivity contribution in [3.8, 4) is 0 Å². The fourth-order valence-corrected chi connectivity index (χ4v) is 1.97. The second kappa shape index (κ2) is 6.51. The van der Waals surface area contributed by atoms with Crippen molar-refractivity contribution in [1.82, 2.24) is 0 Å². The van der Waals surface area contributed by atoms with Gasteiger partial charge in [0.1, 0.15) is 0 Å². The Hall–Kier alpha value is -1.89. The Balaban J connectivity index is 2.01. The molecule has 0 spiro atoms. The van der Waals surface area contributed by atoms with E-state index in [1.54, 1.807) is 24.3 Å². The van der Waals surface area contributed by atoms with Crippen LogP contribution in [0.2, 0.25) is 0 Å². The first-order valence-electron chi connectivity index (χ1n) is 6.00. The second-order valence-electron chi connectivity index (χ2n) is 4.23. The molecule has 0 aliphatic carbocycles. The van der Waals surface area contributed by atoms with Gasteiger partial charge in [-0.15, -0.1) is 0 Å². The summed E-state index contributed by atoms with van der Waals surface area (Å²) in [6.07, 6.45) is 0. The molecular formula is C15H13IN2O2. The average molecular weight is 380 g/mol. The van der Waals surface area contributed by atoms with Crippen molar-refractivity contribution in [1.29, 1.82) is 0 Å². The molecule has 20 heavy (non-hydrogen) atoms. The Kier molecular flexibility index (Phi) is 4.73. The van der Waals surface area contributed by atoms with E-state index in [1.807, 2.05) is 31.2 Å². The number of benzene rings is 2. The number of rotatable bonds is 2. The van der Waals surface area contributed by atoms with Crippen LogP contribution in [0.15, 0.2) is 48.5 Å². The molecule has 2 aromatic rings. The summed E-state index contributed by atoms with van der Waals surface area (Å²) in [6, 6.07) is 14.5. The lowest BCUT2D eigenvalue weighted by molar-refractivity contribution is -0.133. The van der Waals surface area contributed by atoms with Gasteiger partial charge in [0.2, 0.25) is 0 Å². The van der Waals surface area contributed by atoms with Crippen molar-refractivity contribution in [2.45, 2.75) is 6.92 Å². The van der Waals surface area contributed by atoms with Crippen LogP contribution in [-0.2, 0) is 9.59 Å². The van der Waals surface area contributed by atoms with Crippen LogP contribution in [-0.4, -0.2) is 11.8 Å². The molecule has 5 heteroatoms. The Bertz CT molecular complexity index is 639. The number of carbonyl (C=O) groups is 2. The SMILES string of the molecule is Cc1ccccc1NC(=O)C(=O)Nc1ccc(I)cc1. The maximum atomic E-state index is 11.8. The third kappa shape index (κ3) is 3.80. The molecule has 0 aliphatic heterocycles. The quantitative estimate of drug-likeness (QED) is 0.621. The van der Waals surface area contributed by atoms with E-state index in [1.165, 1.54) is 0 Å². The zero-order valence-electron chi connectivity index (χ0n) is 10.8. The third-order valence-corrected chi connectivity index (χ3v) is 3.42. The van der Waals surface area contributed by atoms with Crippen LogP contribution in [0.1, 0.15) is 5.56 Å². The van der Waals surface area contributed by atoms with Crippen LogP contribution in [0.4, 0.5) is 11.4 Å². The second-order valence-corrected chi connectivity index (χ2v) is 5.48. The van der Waals surface area contributed by atoms with E-state index in [9.17, 15) is 9.59 Å². The van der Waals surface area contributed by atoms with Crippen LogP contribution in [0.25, 0.3) is 0 Å². The zero-order valence-corrected chi connectivity index (χ0v) is 13.0. The van der Waals surface area contributed by atoms with Gasteiger partial charge in [-0.2, -0.15) is 0 Å². The first-order chi connectivity index (χ1) is 9.56. The number of hydrogen-bond acceptors (Lipinski definition) is 2. The highest BCUT2D eigenvalue weighted by Gasteiger charge is 2.14. The monoisotopic (exact) mass is 380 g/mol. The Morgan fingerprint density at radius 1 is 0.900 bits per heavy atom. The van der Waals surface area contributed by atoms with Crippen LogP contribution in [0, 0.1) is 10.5 Å². The fourth-order valence-electron chi connectivity index (χ4n) is 1.61. The van der Waals surface area contributed by atoms with Gasteiger partial charge in [0.25, 0.3) is 0 Å². The molecule has 0 bridgehead atoms.